The smallest absolute Gasteiger partial charge is 0.165 e. The molecule has 0 radical (unpaired) electrons. The Morgan fingerprint density at radius 2 is 1.67 bits per heavy atom. The molecule has 0 saturated carbocycles. The average molecular weight is 295 g/mol. The third-order valence-electron chi connectivity index (χ3n) is 2.87. The van der Waals surface area contributed by atoms with E-state index in [-0.39, 0.29) is 18.4 Å². The molecule has 0 aliphatic heterocycles. The molecule has 0 amide bonds. The zero-order valence-electron chi connectivity index (χ0n) is 11.6. The Hall–Kier alpha value is -2.01. The summed E-state index contributed by atoms with van der Waals surface area (Å²) in [5.74, 6) is -1.87. The zero-order chi connectivity index (χ0) is 15.4. The summed E-state index contributed by atoms with van der Waals surface area (Å²) in [6, 6.07) is 7.55. The third kappa shape index (κ3) is 4.49. The van der Waals surface area contributed by atoms with E-state index in [9.17, 15) is 13.2 Å². The summed E-state index contributed by atoms with van der Waals surface area (Å²) in [5, 5.41) is 0. The molecule has 1 atom stereocenters. The van der Waals surface area contributed by atoms with Crippen molar-refractivity contribution in [3.63, 3.8) is 0 Å². The summed E-state index contributed by atoms with van der Waals surface area (Å²) in [5.41, 5.74) is 6.72. The summed E-state index contributed by atoms with van der Waals surface area (Å²) in [4.78, 5) is 0. The molecular weight excluding hydrogens is 279 g/mol. The number of hydrogen-bond donors (Lipinski definition) is 1. The van der Waals surface area contributed by atoms with Crippen LogP contribution in [0.25, 0.3) is 0 Å². The first kappa shape index (κ1) is 15.4. The number of hydrogen-bond acceptors (Lipinski definition) is 2. The van der Waals surface area contributed by atoms with Crippen LogP contribution in [0.5, 0.6) is 5.75 Å². The first-order chi connectivity index (χ1) is 9.94. The Morgan fingerprint density at radius 1 is 1.00 bits per heavy atom. The summed E-state index contributed by atoms with van der Waals surface area (Å²) in [7, 11) is 0. The van der Waals surface area contributed by atoms with E-state index in [1.165, 1.54) is 12.1 Å². The fourth-order valence-electron chi connectivity index (χ4n) is 2.02. The van der Waals surface area contributed by atoms with Gasteiger partial charge >= 0.3 is 0 Å². The Morgan fingerprint density at radius 3 is 2.24 bits per heavy atom. The summed E-state index contributed by atoms with van der Waals surface area (Å²) in [6.45, 7) is 1.72. The predicted molar refractivity (Wildman–Crippen MR) is 74.4 cm³/mol. The topological polar surface area (TPSA) is 35.2 Å². The molecule has 5 heteroatoms. The number of benzene rings is 2. The Bertz CT molecular complexity index is 609. The Balaban J connectivity index is 2.06. The highest BCUT2D eigenvalue weighted by Gasteiger charge is 2.08. The summed E-state index contributed by atoms with van der Waals surface area (Å²) >= 11 is 0. The second kappa shape index (κ2) is 6.63. The van der Waals surface area contributed by atoms with Gasteiger partial charge in [0.15, 0.2) is 11.6 Å². The fraction of sp³-hybridized carbons (Fsp3) is 0.250. The largest absolute Gasteiger partial charge is 0.486 e. The summed E-state index contributed by atoms with van der Waals surface area (Å²) in [6.07, 6.45) is 0.562. The van der Waals surface area contributed by atoms with Gasteiger partial charge in [-0.05, 0) is 48.7 Å². The van der Waals surface area contributed by atoms with Gasteiger partial charge in [-0.15, -0.1) is 0 Å². The molecule has 0 aliphatic carbocycles. The molecule has 1 unspecified atom stereocenters. The van der Waals surface area contributed by atoms with Gasteiger partial charge in [-0.25, -0.2) is 13.2 Å². The molecule has 0 bridgehead atoms. The lowest BCUT2D eigenvalue weighted by molar-refractivity contribution is 0.289. The van der Waals surface area contributed by atoms with Crippen LogP contribution in [0.2, 0.25) is 0 Å². The maximum atomic E-state index is 13.8. The van der Waals surface area contributed by atoms with E-state index in [0.717, 1.165) is 23.8 Å². The van der Waals surface area contributed by atoms with E-state index in [0.29, 0.717) is 12.0 Å². The van der Waals surface area contributed by atoms with Crippen LogP contribution in [0.4, 0.5) is 13.2 Å². The van der Waals surface area contributed by atoms with Crippen molar-refractivity contribution in [1.29, 1.82) is 0 Å². The van der Waals surface area contributed by atoms with Crippen molar-refractivity contribution in [3.05, 3.63) is 65.0 Å². The average Bonchev–Trinajstić information content (AvgIpc) is 2.36. The molecule has 2 nitrogen and oxygen atoms in total. The van der Waals surface area contributed by atoms with Crippen LogP contribution < -0.4 is 10.5 Å². The lowest BCUT2D eigenvalue weighted by Crippen LogP contribution is -2.17. The van der Waals surface area contributed by atoms with E-state index in [4.69, 9.17) is 10.5 Å². The molecule has 2 aromatic carbocycles. The zero-order valence-corrected chi connectivity index (χ0v) is 11.6. The lowest BCUT2D eigenvalue weighted by atomic mass is 10.1. The van der Waals surface area contributed by atoms with Gasteiger partial charge in [-0.1, -0.05) is 6.07 Å². The highest BCUT2D eigenvalue weighted by Crippen LogP contribution is 2.20. The Kier molecular flexibility index (Phi) is 4.85. The molecule has 0 heterocycles. The molecule has 0 aromatic heterocycles. The van der Waals surface area contributed by atoms with Gasteiger partial charge in [0.1, 0.15) is 18.2 Å². The van der Waals surface area contributed by atoms with Gasteiger partial charge in [-0.2, -0.15) is 0 Å². The van der Waals surface area contributed by atoms with E-state index in [2.05, 4.69) is 0 Å². The number of nitrogens with two attached hydrogens (primary N) is 1. The predicted octanol–water partition coefficient (Wildman–Crippen LogP) is 3.57. The van der Waals surface area contributed by atoms with Gasteiger partial charge in [0.05, 0.1) is 0 Å². The van der Waals surface area contributed by atoms with Crippen molar-refractivity contribution in [3.8, 4) is 5.75 Å². The second-order valence-electron chi connectivity index (χ2n) is 5.01. The van der Waals surface area contributed by atoms with Gasteiger partial charge in [0.2, 0.25) is 0 Å². The van der Waals surface area contributed by atoms with Crippen LogP contribution in [0.3, 0.4) is 0 Å². The van der Waals surface area contributed by atoms with Crippen LogP contribution in [0.15, 0.2) is 36.4 Å². The highest BCUT2D eigenvalue weighted by molar-refractivity contribution is 5.30. The molecule has 0 fully saturated rings. The normalized spacial score (nSPS) is 12.2. The minimum Gasteiger partial charge on any atom is -0.486 e. The standard InChI is InChI=1S/C16H16F3NO/c1-10(20)4-11-2-3-16(15(19)7-11)21-9-12-5-13(17)8-14(18)6-12/h2-3,5-8,10H,4,9,20H2,1H3. The van der Waals surface area contributed by atoms with Gasteiger partial charge < -0.3 is 10.5 Å². The quantitative estimate of drug-likeness (QED) is 0.915. The molecule has 2 aromatic rings. The molecule has 0 spiro atoms. The molecule has 0 aliphatic rings. The lowest BCUT2D eigenvalue weighted by Gasteiger charge is -2.10. The maximum absolute atomic E-state index is 13.8. The van der Waals surface area contributed by atoms with Crippen LogP contribution in [0.1, 0.15) is 18.1 Å². The van der Waals surface area contributed by atoms with Crippen LogP contribution in [0, 0.1) is 17.5 Å². The molecule has 2 N–H and O–H groups in total. The number of ether oxygens (including phenoxy) is 1. The van der Waals surface area contributed by atoms with Crippen LogP contribution in [-0.4, -0.2) is 6.04 Å². The maximum Gasteiger partial charge on any atom is 0.165 e. The van der Waals surface area contributed by atoms with Crippen molar-refractivity contribution in [2.75, 3.05) is 0 Å². The SMILES string of the molecule is CC(N)Cc1ccc(OCc2cc(F)cc(F)c2)c(F)c1. The monoisotopic (exact) mass is 295 g/mol. The molecule has 2 rings (SSSR count). The summed E-state index contributed by atoms with van der Waals surface area (Å²) < 4.78 is 45.2. The highest BCUT2D eigenvalue weighted by atomic mass is 19.1. The molecule has 0 saturated heterocycles. The van der Waals surface area contributed by atoms with E-state index in [1.807, 2.05) is 6.92 Å². The minimum absolute atomic E-state index is 0.0353. The molecule has 21 heavy (non-hydrogen) atoms. The van der Waals surface area contributed by atoms with Crippen LogP contribution in [-0.2, 0) is 13.0 Å². The van der Waals surface area contributed by atoms with Crippen molar-refractivity contribution < 1.29 is 17.9 Å². The number of rotatable bonds is 5. The van der Waals surface area contributed by atoms with Crippen molar-refractivity contribution >= 4 is 0 Å². The molecule has 112 valence electrons. The van der Waals surface area contributed by atoms with E-state index in [1.54, 1.807) is 6.07 Å². The van der Waals surface area contributed by atoms with Gasteiger partial charge in [0, 0.05) is 12.1 Å². The van der Waals surface area contributed by atoms with Crippen molar-refractivity contribution in [2.45, 2.75) is 26.0 Å². The minimum atomic E-state index is -0.693. The fourth-order valence-corrected chi connectivity index (χ4v) is 2.02. The van der Waals surface area contributed by atoms with E-state index >= 15 is 0 Å². The Labute approximate surface area is 121 Å². The second-order valence-corrected chi connectivity index (χ2v) is 5.01. The van der Waals surface area contributed by atoms with Gasteiger partial charge in [-0.3, -0.25) is 0 Å². The first-order valence-electron chi connectivity index (χ1n) is 6.56. The first-order valence-corrected chi connectivity index (χ1v) is 6.56. The van der Waals surface area contributed by atoms with Gasteiger partial charge in [0.25, 0.3) is 0 Å². The molecular formula is C16H16F3NO. The third-order valence-corrected chi connectivity index (χ3v) is 2.87. The van der Waals surface area contributed by atoms with Crippen molar-refractivity contribution in [2.24, 2.45) is 5.73 Å². The van der Waals surface area contributed by atoms with E-state index < -0.39 is 17.5 Å². The number of halogens is 3. The van der Waals surface area contributed by atoms with Crippen molar-refractivity contribution in [1.82, 2.24) is 0 Å². The van der Waals surface area contributed by atoms with Crippen LogP contribution >= 0.6 is 0 Å².